The molecule has 5 rings (SSSR count). The van der Waals surface area contributed by atoms with Gasteiger partial charge in [-0.15, -0.1) is 24.8 Å². The van der Waals surface area contributed by atoms with Gasteiger partial charge in [0.1, 0.15) is 0 Å². The molecule has 0 radical (unpaired) electrons. The number of carbonyl (C=O) groups excluding carboxylic acids is 3. The minimum atomic E-state index is -0.606. The largest absolute Gasteiger partial charge is 0.349 e. The van der Waals surface area contributed by atoms with E-state index in [9.17, 15) is 14.4 Å². The van der Waals surface area contributed by atoms with Crippen molar-refractivity contribution in [3.05, 3.63) is 35.4 Å². The second-order valence-corrected chi connectivity index (χ2v) is 11.9. The highest BCUT2D eigenvalue weighted by Crippen LogP contribution is 2.33. The highest BCUT2D eigenvalue weighted by molar-refractivity contribution is 5.97. The lowest BCUT2D eigenvalue weighted by Gasteiger charge is -2.43. The van der Waals surface area contributed by atoms with Crippen molar-refractivity contribution in [3.8, 4) is 0 Å². The van der Waals surface area contributed by atoms with Crippen molar-refractivity contribution in [2.75, 3.05) is 20.1 Å². The van der Waals surface area contributed by atoms with Crippen LogP contribution in [-0.4, -0.2) is 66.9 Å². The molecule has 0 bridgehead atoms. The maximum absolute atomic E-state index is 14.3. The van der Waals surface area contributed by atoms with Crippen molar-refractivity contribution in [2.45, 2.75) is 101 Å². The van der Waals surface area contributed by atoms with Crippen LogP contribution in [0.1, 0.15) is 81.9 Å². The van der Waals surface area contributed by atoms with Crippen molar-refractivity contribution >= 4 is 42.4 Å². The Balaban J connectivity index is 0.00000220. The summed E-state index contributed by atoms with van der Waals surface area (Å²) >= 11 is 0. The summed E-state index contributed by atoms with van der Waals surface area (Å²) in [6.45, 7) is 3.33. The molecule has 224 valence electrons. The van der Waals surface area contributed by atoms with Crippen molar-refractivity contribution in [1.82, 2.24) is 26.2 Å². The van der Waals surface area contributed by atoms with E-state index in [-0.39, 0.29) is 66.6 Å². The maximum atomic E-state index is 14.3. The number of fused-ring (bicyclic) bond motifs is 2. The van der Waals surface area contributed by atoms with Gasteiger partial charge in [-0.25, -0.2) is 0 Å². The van der Waals surface area contributed by atoms with Crippen LogP contribution in [0.5, 0.6) is 0 Å². The molecule has 2 saturated heterocycles. The lowest BCUT2D eigenvalue weighted by atomic mass is 9.78. The quantitative estimate of drug-likeness (QED) is 0.368. The first-order chi connectivity index (χ1) is 18.5. The molecule has 1 unspecified atom stereocenters. The number of benzene rings is 1. The number of ketones is 1. The van der Waals surface area contributed by atoms with Crippen LogP contribution in [0.25, 0.3) is 0 Å². The van der Waals surface area contributed by atoms with Gasteiger partial charge in [-0.3, -0.25) is 24.6 Å². The highest BCUT2D eigenvalue weighted by Gasteiger charge is 2.47. The van der Waals surface area contributed by atoms with E-state index in [0.29, 0.717) is 6.54 Å². The number of amides is 2. The Bertz CT molecular complexity index is 1020. The third-order valence-corrected chi connectivity index (χ3v) is 9.45. The van der Waals surface area contributed by atoms with E-state index < -0.39 is 18.0 Å². The molecule has 0 spiro atoms. The topological polar surface area (TPSA) is 103 Å². The second kappa shape index (κ2) is 15.0. The van der Waals surface area contributed by atoms with E-state index >= 15 is 0 Å². The fourth-order valence-electron chi connectivity index (χ4n) is 7.10. The van der Waals surface area contributed by atoms with E-state index in [0.717, 1.165) is 64.3 Å². The van der Waals surface area contributed by atoms with Crippen LogP contribution in [-0.2, 0) is 20.8 Å². The van der Waals surface area contributed by atoms with Gasteiger partial charge >= 0.3 is 0 Å². The summed E-state index contributed by atoms with van der Waals surface area (Å²) in [5, 5.41) is 13.0. The molecule has 0 aromatic heterocycles. The van der Waals surface area contributed by atoms with Crippen LogP contribution >= 0.6 is 24.8 Å². The number of nitrogens with one attached hydrogen (secondary N) is 4. The molecule has 2 amide bonds. The van der Waals surface area contributed by atoms with E-state index in [1.54, 1.807) is 7.05 Å². The average molecular weight is 597 g/mol. The van der Waals surface area contributed by atoms with Gasteiger partial charge in [0.2, 0.25) is 11.8 Å². The smallest absolute Gasteiger partial charge is 0.237 e. The average Bonchev–Trinajstić information content (AvgIpc) is 3.42. The fourth-order valence-corrected chi connectivity index (χ4v) is 7.10. The van der Waals surface area contributed by atoms with Crippen molar-refractivity contribution in [2.24, 2.45) is 11.8 Å². The van der Waals surface area contributed by atoms with E-state index in [1.165, 1.54) is 17.5 Å². The zero-order valence-electron chi connectivity index (χ0n) is 23.8. The molecule has 6 atom stereocenters. The van der Waals surface area contributed by atoms with Gasteiger partial charge in [-0.2, -0.15) is 0 Å². The number of likely N-dealkylation sites (N-methyl/N-ethyl adjacent to an activating group) is 1. The Morgan fingerprint density at radius 2 is 1.73 bits per heavy atom. The molecular formula is C30H47Cl2N5O3. The molecule has 3 fully saturated rings. The second-order valence-electron chi connectivity index (χ2n) is 11.9. The molecular weight excluding hydrogens is 549 g/mol. The Morgan fingerprint density at radius 1 is 0.975 bits per heavy atom. The summed E-state index contributed by atoms with van der Waals surface area (Å²) < 4.78 is 0. The summed E-state index contributed by atoms with van der Waals surface area (Å²) in [5.74, 6) is -0.615. The fraction of sp³-hybridized carbons (Fsp3) is 0.700. The molecule has 4 aliphatic rings. The van der Waals surface area contributed by atoms with Crippen LogP contribution in [0.3, 0.4) is 0 Å². The molecule has 1 aromatic rings. The Hall–Kier alpha value is -1.71. The minimum Gasteiger partial charge on any atom is -0.349 e. The van der Waals surface area contributed by atoms with Gasteiger partial charge in [0.05, 0.1) is 36.3 Å². The van der Waals surface area contributed by atoms with E-state index in [4.69, 9.17) is 0 Å². The third kappa shape index (κ3) is 7.19. The SMILES string of the molecule is CN[C@@H](C)C(=O)N[C@H](C(=O)C1N[C@H]2CCCN2C[C@H]1C(=O)N[C@@H]1CCCc2ccccc21)C1CCCCC1.Cl.Cl. The molecule has 2 aliphatic carbocycles. The molecule has 1 saturated carbocycles. The van der Waals surface area contributed by atoms with Gasteiger partial charge in [0.15, 0.2) is 5.78 Å². The number of Topliss-reactive ketones (excluding diaryl/α,β-unsaturated/α-hetero) is 1. The van der Waals surface area contributed by atoms with E-state index in [1.807, 2.05) is 13.0 Å². The van der Waals surface area contributed by atoms with Gasteiger partial charge in [0, 0.05) is 6.54 Å². The summed E-state index contributed by atoms with van der Waals surface area (Å²) in [5.41, 5.74) is 2.50. The summed E-state index contributed by atoms with van der Waals surface area (Å²) in [4.78, 5) is 43.5. The zero-order valence-corrected chi connectivity index (χ0v) is 25.5. The van der Waals surface area contributed by atoms with Crippen molar-refractivity contribution in [3.63, 3.8) is 0 Å². The lowest BCUT2D eigenvalue weighted by molar-refractivity contribution is -0.139. The lowest BCUT2D eigenvalue weighted by Crippen LogP contribution is -2.67. The molecule has 2 aliphatic heterocycles. The first-order valence-corrected chi connectivity index (χ1v) is 14.9. The highest BCUT2D eigenvalue weighted by atomic mass is 35.5. The molecule has 10 heteroatoms. The van der Waals surface area contributed by atoms with Crippen LogP contribution < -0.4 is 21.3 Å². The Morgan fingerprint density at radius 3 is 2.48 bits per heavy atom. The summed E-state index contributed by atoms with van der Waals surface area (Å²) in [6.07, 6.45) is 10.3. The molecule has 4 N–H and O–H groups in total. The van der Waals surface area contributed by atoms with Gasteiger partial charge in [0.25, 0.3) is 0 Å². The summed E-state index contributed by atoms with van der Waals surface area (Å²) in [6, 6.07) is 6.78. The number of rotatable bonds is 8. The van der Waals surface area contributed by atoms with E-state index in [2.05, 4.69) is 44.4 Å². The number of hydrogen-bond donors (Lipinski definition) is 4. The maximum Gasteiger partial charge on any atom is 0.237 e. The molecule has 1 aromatic carbocycles. The van der Waals surface area contributed by atoms with Crippen LogP contribution in [0.15, 0.2) is 24.3 Å². The number of hydrogen-bond acceptors (Lipinski definition) is 6. The predicted molar refractivity (Wildman–Crippen MR) is 162 cm³/mol. The van der Waals surface area contributed by atoms with Crippen molar-refractivity contribution < 1.29 is 14.4 Å². The molecule has 40 heavy (non-hydrogen) atoms. The van der Waals surface area contributed by atoms with Gasteiger partial charge in [-0.1, -0.05) is 43.5 Å². The monoisotopic (exact) mass is 595 g/mol. The Kier molecular flexibility index (Phi) is 12.3. The minimum absolute atomic E-state index is 0. The van der Waals surface area contributed by atoms with Gasteiger partial charge < -0.3 is 16.0 Å². The third-order valence-electron chi connectivity index (χ3n) is 9.45. The standard InChI is InChI=1S/C30H45N5O3.2ClH/c1-19(31-2)29(37)34-26(21-11-4-3-5-12-21)28(36)27-23(18-35-17-9-16-25(35)33-27)30(38)32-24-15-8-13-20-10-6-7-14-22(20)24;;/h6-7,10,14,19,21,23-27,31,33H,3-5,8-9,11-13,15-18H2,1-2H3,(H,32,38)(H,34,37);2*1H/t19-,23+,24+,25+,26-,27?;;/m0../s1. The normalized spacial score (nSPS) is 28.1. The Labute approximate surface area is 251 Å². The number of carbonyl (C=O) groups is 3. The van der Waals surface area contributed by atoms with Crippen molar-refractivity contribution in [1.29, 1.82) is 0 Å². The summed E-state index contributed by atoms with van der Waals surface area (Å²) in [7, 11) is 1.75. The van der Waals surface area contributed by atoms with Crippen LogP contribution in [0, 0.1) is 11.8 Å². The number of halogens is 2. The molecule has 8 nitrogen and oxygen atoms in total. The van der Waals surface area contributed by atoms with Crippen LogP contribution in [0.4, 0.5) is 0 Å². The first kappa shape index (κ1) is 32.8. The molecule has 2 heterocycles. The van der Waals surface area contributed by atoms with Gasteiger partial charge in [-0.05, 0) is 82.5 Å². The predicted octanol–water partition coefficient (Wildman–Crippen LogP) is 3.28. The number of nitrogens with zero attached hydrogens (tertiary/aromatic N) is 1. The zero-order chi connectivity index (χ0) is 26.6. The first-order valence-electron chi connectivity index (χ1n) is 14.9. The number of aryl methyl sites for hydroxylation is 1. The van der Waals surface area contributed by atoms with Crippen LogP contribution in [0.2, 0.25) is 0 Å².